The Morgan fingerprint density at radius 3 is 2.59 bits per heavy atom. The van der Waals surface area contributed by atoms with Crippen LogP contribution in [0.25, 0.3) is 0 Å². The molecule has 0 spiro atoms. The van der Waals surface area contributed by atoms with Crippen LogP contribution < -0.4 is 10.1 Å². The Morgan fingerprint density at radius 2 is 1.79 bits per heavy atom. The van der Waals surface area contributed by atoms with Gasteiger partial charge in [-0.15, -0.1) is 0 Å². The minimum atomic E-state index is -0.0184. The van der Waals surface area contributed by atoms with Crippen molar-refractivity contribution in [3.8, 4) is 5.75 Å². The highest BCUT2D eigenvalue weighted by molar-refractivity contribution is 5.94. The normalized spacial score (nSPS) is 22.9. The second kappa shape index (κ2) is 9.64. The van der Waals surface area contributed by atoms with Crippen molar-refractivity contribution in [2.24, 2.45) is 11.8 Å². The van der Waals surface area contributed by atoms with Crippen LogP contribution in [-0.2, 0) is 4.79 Å². The molecule has 1 aromatic carbocycles. The summed E-state index contributed by atoms with van der Waals surface area (Å²) in [6.07, 6.45) is 11.4. The molecule has 2 saturated carbocycles. The lowest BCUT2D eigenvalue weighted by molar-refractivity contribution is -0.134. The van der Waals surface area contributed by atoms with Crippen LogP contribution in [0, 0.1) is 11.8 Å². The third-order valence-electron chi connectivity index (χ3n) is 6.55. The van der Waals surface area contributed by atoms with Crippen LogP contribution in [0.15, 0.2) is 24.3 Å². The van der Waals surface area contributed by atoms with Gasteiger partial charge in [-0.3, -0.25) is 9.59 Å². The number of likely N-dealkylation sites (tertiary alicyclic amines) is 1. The first-order valence-corrected chi connectivity index (χ1v) is 11.5. The van der Waals surface area contributed by atoms with Crippen LogP contribution in [0.4, 0.5) is 0 Å². The molecule has 2 aliphatic carbocycles. The smallest absolute Gasteiger partial charge is 0.251 e. The van der Waals surface area contributed by atoms with Gasteiger partial charge in [0.15, 0.2) is 0 Å². The minimum Gasteiger partial charge on any atom is -0.493 e. The molecular formula is C24H34N2O3. The maximum Gasteiger partial charge on any atom is 0.251 e. The van der Waals surface area contributed by atoms with E-state index in [4.69, 9.17) is 4.74 Å². The van der Waals surface area contributed by atoms with Crippen LogP contribution >= 0.6 is 0 Å². The highest BCUT2D eigenvalue weighted by Gasteiger charge is 2.27. The summed E-state index contributed by atoms with van der Waals surface area (Å²) in [6.45, 7) is 2.28. The van der Waals surface area contributed by atoms with E-state index in [0.29, 0.717) is 36.0 Å². The monoisotopic (exact) mass is 398 g/mol. The van der Waals surface area contributed by atoms with Crippen molar-refractivity contribution in [1.29, 1.82) is 0 Å². The predicted molar refractivity (Wildman–Crippen MR) is 113 cm³/mol. The van der Waals surface area contributed by atoms with E-state index in [1.54, 1.807) is 0 Å². The summed E-state index contributed by atoms with van der Waals surface area (Å²) >= 11 is 0. The van der Waals surface area contributed by atoms with Crippen molar-refractivity contribution in [3.05, 3.63) is 29.8 Å². The maximum atomic E-state index is 12.7. The van der Waals surface area contributed by atoms with Crippen LogP contribution in [0.5, 0.6) is 5.75 Å². The fraction of sp³-hybridized carbons (Fsp3) is 0.667. The van der Waals surface area contributed by atoms with Gasteiger partial charge in [-0.2, -0.15) is 0 Å². The fourth-order valence-electron chi connectivity index (χ4n) is 4.63. The third kappa shape index (κ3) is 5.97. The van der Waals surface area contributed by atoms with E-state index in [1.807, 2.05) is 24.3 Å². The molecule has 1 atom stereocenters. The summed E-state index contributed by atoms with van der Waals surface area (Å²) < 4.78 is 6.02. The number of benzene rings is 1. The Labute approximate surface area is 174 Å². The average molecular weight is 399 g/mol. The first kappa shape index (κ1) is 20.2. The van der Waals surface area contributed by atoms with Crippen LogP contribution in [0.2, 0.25) is 0 Å². The molecule has 1 heterocycles. The number of hydrogen-bond acceptors (Lipinski definition) is 3. The molecule has 0 bridgehead atoms. The van der Waals surface area contributed by atoms with E-state index in [1.165, 1.54) is 32.1 Å². The number of nitrogens with one attached hydrogen (secondary N) is 1. The second-order valence-corrected chi connectivity index (χ2v) is 9.14. The van der Waals surface area contributed by atoms with Crippen molar-refractivity contribution in [2.45, 2.75) is 70.3 Å². The summed E-state index contributed by atoms with van der Waals surface area (Å²) in [4.78, 5) is 27.0. The van der Waals surface area contributed by atoms with Gasteiger partial charge in [-0.25, -0.2) is 0 Å². The lowest BCUT2D eigenvalue weighted by Crippen LogP contribution is -2.42. The number of carbonyl (C=O) groups is 2. The molecule has 3 fully saturated rings. The summed E-state index contributed by atoms with van der Waals surface area (Å²) in [6, 6.07) is 7.79. The molecule has 0 radical (unpaired) electrons. The van der Waals surface area contributed by atoms with E-state index >= 15 is 0 Å². The Balaban J connectivity index is 1.25. The van der Waals surface area contributed by atoms with Crippen molar-refractivity contribution in [1.82, 2.24) is 10.2 Å². The predicted octanol–water partition coefficient (Wildman–Crippen LogP) is 4.17. The van der Waals surface area contributed by atoms with E-state index in [-0.39, 0.29) is 5.91 Å². The largest absolute Gasteiger partial charge is 0.493 e. The summed E-state index contributed by atoms with van der Waals surface area (Å²) in [5.74, 6) is 2.01. The zero-order valence-corrected chi connectivity index (χ0v) is 17.4. The van der Waals surface area contributed by atoms with Gasteiger partial charge in [0.1, 0.15) is 5.75 Å². The third-order valence-corrected chi connectivity index (χ3v) is 6.55. The topological polar surface area (TPSA) is 58.6 Å². The van der Waals surface area contributed by atoms with Gasteiger partial charge in [0.05, 0.1) is 6.61 Å². The van der Waals surface area contributed by atoms with Crippen molar-refractivity contribution >= 4 is 11.8 Å². The summed E-state index contributed by atoms with van der Waals surface area (Å²) in [5, 5.41) is 3.02. The molecule has 1 saturated heterocycles. The number of piperidine rings is 1. The van der Waals surface area contributed by atoms with Crippen LogP contribution in [0.3, 0.4) is 0 Å². The molecular weight excluding hydrogens is 364 g/mol. The highest BCUT2D eigenvalue weighted by atomic mass is 16.5. The zero-order valence-electron chi connectivity index (χ0n) is 17.4. The molecule has 158 valence electrons. The lowest BCUT2D eigenvalue weighted by atomic mass is 9.86. The molecule has 1 aromatic rings. The van der Waals surface area contributed by atoms with Crippen molar-refractivity contribution in [3.63, 3.8) is 0 Å². The molecule has 5 nitrogen and oxygen atoms in total. The molecule has 2 amide bonds. The molecule has 5 heteroatoms. The Kier molecular flexibility index (Phi) is 6.73. The number of hydrogen-bond donors (Lipinski definition) is 1. The molecule has 29 heavy (non-hydrogen) atoms. The van der Waals surface area contributed by atoms with Crippen LogP contribution in [-0.4, -0.2) is 42.5 Å². The van der Waals surface area contributed by atoms with Crippen molar-refractivity contribution in [2.75, 3.05) is 19.7 Å². The van der Waals surface area contributed by atoms with Gasteiger partial charge >= 0.3 is 0 Å². The molecule has 1 N–H and O–H groups in total. The standard InChI is InChI=1S/C24H34N2O3/c27-23(14-18-6-2-1-3-7-18)26-13-5-8-19(16-26)17-29-22-10-4-9-20(15-22)24(28)25-21-11-12-21/h4,9-10,15,18-19,21H,1-3,5-8,11-14,16-17H2,(H,25,28). The zero-order chi connectivity index (χ0) is 20.1. The highest BCUT2D eigenvalue weighted by Crippen LogP contribution is 2.28. The summed E-state index contributed by atoms with van der Waals surface area (Å²) in [7, 11) is 0. The number of carbonyl (C=O) groups excluding carboxylic acids is 2. The molecule has 1 aliphatic heterocycles. The first-order valence-electron chi connectivity index (χ1n) is 11.5. The SMILES string of the molecule is O=C(NC1CC1)c1cccc(OCC2CCCN(C(=O)CC3CCCCC3)C2)c1. The molecule has 4 rings (SSSR count). The minimum absolute atomic E-state index is 0.0184. The molecule has 1 unspecified atom stereocenters. The Morgan fingerprint density at radius 1 is 1.00 bits per heavy atom. The maximum absolute atomic E-state index is 12.7. The number of nitrogens with zero attached hydrogens (tertiary/aromatic N) is 1. The summed E-state index contributed by atoms with van der Waals surface area (Å²) in [5.41, 5.74) is 0.655. The van der Waals surface area contributed by atoms with Gasteiger partial charge in [-0.1, -0.05) is 25.3 Å². The second-order valence-electron chi connectivity index (χ2n) is 9.14. The first-order chi connectivity index (χ1) is 14.2. The molecule has 3 aliphatic rings. The average Bonchev–Trinajstić information content (AvgIpc) is 3.57. The van der Waals surface area contributed by atoms with Crippen LogP contribution in [0.1, 0.15) is 74.6 Å². The number of amides is 2. The Hall–Kier alpha value is -2.04. The van der Waals surface area contributed by atoms with Gasteiger partial charge < -0.3 is 15.0 Å². The quantitative estimate of drug-likeness (QED) is 0.750. The van der Waals surface area contributed by atoms with Gasteiger partial charge in [0, 0.05) is 37.0 Å². The van der Waals surface area contributed by atoms with Gasteiger partial charge in [-0.05, 0) is 62.6 Å². The lowest BCUT2D eigenvalue weighted by Gasteiger charge is -2.34. The van der Waals surface area contributed by atoms with E-state index < -0.39 is 0 Å². The van der Waals surface area contributed by atoms with E-state index in [0.717, 1.165) is 50.9 Å². The van der Waals surface area contributed by atoms with E-state index in [9.17, 15) is 9.59 Å². The fourth-order valence-corrected chi connectivity index (χ4v) is 4.63. The Bertz CT molecular complexity index is 710. The number of ether oxygens (including phenoxy) is 1. The number of rotatable bonds is 7. The van der Waals surface area contributed by atoms with E-state index in [2.05, 4.69) is 10.2 Å². The molecule has 0 aromatic heterocycles. The van der Waals surface area contributed by atoms with Gasteiger partial charge in [0.2, 0.25) is 5.91 Å². The van der Waals surface area contributed by atoms with Crippen molar-refractivity contribution < 1.29 is 14.3 Å². The van der Waals surface area contributed by atoms with Gasteiger partial charge in [0.25, 0.3) is 5.91 Å².